The van der Waals surface area contributed by atoms with Crippen molar-refractivity contribution in [1.82, 2.24) is 4.31 Å². The van der Waals surface area contributed by atoms with E-state index in [9.17, 15) is 13.2 Å². The van der Waals surface area contributed by atoms with Crippen LogP contribution in [-0.2, 0) is 10.2 Å². The fraction of sp³-hybridized carbons (Fsp3) is 0.316. The van der Waals surface area contributed by atoms with Crippen molar-refractivity contribution in [3.63, 3.8) is 0 Å². The van der Waals surface area contributed by atoms with Gasteiger partial charge in [0.2, 0.25) is 0 Å². The highest BCUT2D eigenvalue weighted by molar-refractivity contribution is 7.90. The van der Waals surface area contributed by atoms with Crippen LogP contribution in [0.5, 0.6) is 5.75 Å². The summed E-state index contributed by atoms with van der Waals surface area (Å²) in [6.45, 7) is 3.82. The molecule has 0 aliphatic rings. The summed E-state index contributed by atoms with van der Waals surface area (Å²) in [5, 5.41) is 2.83. The van der Waals surface area contributed by atoms with Crippen molar-refractivity contribution in [2.75, 3.05) is 30.8 Å². The van der Waals surface area contributed by atoms with Gasteiger partial charge in [-0.05, 0) is 50.2 Å². The third kappa shape index (κ3) is 4.99. The molecule has 0 spiro atoms. The molecule has 0 saturated carbocycles. The Labute approximate surface area is 160 Å². The number of carbonyl (C=O) groups is 1. The predicted molar refractivity (Wildman–Crippen MR) is 108 cm³/mol. The molecule has 0 aliphatic carbocycles. The van der Waals surface area contributed by atoms with E-state index in [0.29, 0.717) is 22.7 Å². The lowest BCUT2D eigenvalue weighted by Gasteiger charge is -2.23. The summed E-state index contributed by atoms with van der Waals surface area (Å²) in [5.41, 5.74) is 1.45. The van der Waals surface area contributed by atoms with Gasteiger partial charge in [-0.15, -0.1) is 0 Å². The van der Waals surface area contributed by atoms with Gasteiger partial charge in [0.25, 0.3) is 5.91 Å². The van der Waals surface area contributed by atoms with Crippen LogP contribution in [0.3, 0.4) is 0 Å². The number of nitrogens with zero attached hydrogens (tertiary/aromatic N) is 2. The second-order valence-electron chi connectivity index (χ2n) is 6.42. The number of hydrogen-bond acceptors (Lipinski definition) is 4. The molecule has 27 heavy (non-hydrogen) atoms. The minimum Gasteiger partial charge on any atom is -0.489 e. The zero-order valence-electron chi connectivity index (χ0n) is 16.1. The van der Waals surface area contributed by atoms with Crippen molar-refractivity contribution in [1.29, 1.82) is 0 Å². The van der Waals surface area contributed by atoms with Crippen molar-refractivity contribution in [2.24, 2.45) is 0 Å². The normalized spacial score (nSPS) is 11.5. The molecule has 2 rings (SSSR count). The smallest absolute Gasteiger partial charge is 0.303 e. The molecule has 0 heterocycles. The van der Waals surface area contributed by atoms with E-state index in [1.165, 1.54) is 21.1 Å². The summed E-state index contributed by atoms with van der Waals surface area (Å²) in [6.07, 6.45) is -0.0171. The Morgan fingerprint density at radius 2 is 1.59 bits per heavy atom. The van der Waals surface area contributed by atoms with Gasteiger partial charge in [-0.3, -0.25) is 9.10 Å². The average Bonchev–Trinajstić information content (AvgIpc) is 2.62. The molecule has 1 amide bonds. The van der Waals surface area contributed by atoms with Gasteiger partial charge in [0.05, 0.1) is 17.5 Å². The second-order valence-corrected chi connectivity index (χ2v) is 8.60. The summed E-state index contributed by atoms with van der Waals surface area (Å²) in [4.78, 5) is 12.5. The lowest BCUT2D eigenvalue weighted by Crippen LogP contribution is -2.37. The van der Waals surface area contributed by atoms with E-state index < -0.39 is 10.2 Å². The standard InChI is InChI=1S/C19H25N3O4S/c1-14(2)26-18-9-7-6-8-17(18)20-19(23)15-10-12-16(13-11-15)22(5)27(24,25)21(3)4/h6-14H,1-5H3,(H,20,23). The van der Waals surface area contributed by atoms with E-state index >= 15 is 0 Å². The Kier molecular flexibility index (Phi) is 6.45. The number of carbonyl (C=O) groups excluding carboxylic acids is 1. The fourth-order valence-corrected chi connectivity index (χ4v) is 3.20. The number of amides is 1. The summed E-state index contributed by atoms with van der Waals surface area (Å²) in [7, 11) is 0.808. The monoisotopic (exact) mass is 391 g/mol. The van der Waals surface area contributed by atoms with Gasteiger partial charge in [-0.25, -0.2) is 0 Å². The number of anilines is 2. The van der Waals surface area contributed by atoms with Crippen LogP contribution in [0.4, 0.5) is 11.4 Å². The molecular weight excluding hydrogens is 366 g/mol. The highest BCUT2D eigenvalue weighted by Gasteiger charge is 2.21. The first-order chi connectivity index (χ1) is 12.6. The lowest BCUT2D eigenvalue weighted by atomic mass is 10.2. The van der Waals surface area contributed by atoms with Crippen molar-refractivity contribution in [3.05, 3.63) is 54.1 Å². The van der Waals surface area contributed by atoms with Crippen LogP contribution in [0.25, 0.3) is 0 Å². The first-order valence-corrected chi connectivity index (χ1v) is 9.86. The van der Waals surface area contributed by atoms with Gasteiger partial charge in [0.15, 0.2) is 0 Å². The first-order valence-electron chi connectivity index (χ1n) is 8.46. The third-order valence-corrected chi connectivity index (χ3v) is 5.62. The van der Waals surface area contributed by atoms with Crippen LogP contribution in [0.15, 0.2) is 48.5 Å². The van der Waals surface area contributed by atoms with E-state index in [1.54, 1.807) is 36.4 Å². The zero-order chi connectivity index (χ0) is 20.2. The van der Waals surface area contributed by atoms with Gasteiger partial charge in [0.1, 0.15) is 5.75 Å². The number of ether oxygens (including phenoxy) is 1. The number of benzene rings is 2. The van der Waals surface area contributed by atoms with Crippen LogP contribution >= 0.6 is 0 Å². The van der Waals surface area contributed by atoms with E-state index in [0.717, 1.165) is 8.61 Å². The molecule has 0 bridgehead atoms. The zero-order valence-corrected chi connectivity index (χ0v) is 16.9. The third-order valence-electron chi connectivity index (χ3n) is 3.80. The van der Waals surface area contributed by atoms with Gasteiger partial charge in [-0.2, -0.15) is 12.7 Å². The summed E-state index contributed by atoms with van der Waals surface area (Å²) >= 11 is 0. The van der Waals surface area contributed by atoms with Crippen molar-refractivity contribution in [3.8, 4) is 5.75 Å². The van der Waals surface area contributed by atoms with Crippen LogP contribution in [0.2, 0.25) is 0 Å². The van der Waals surface area contributed by atoms with Crippen LogP contribution in [-0.4, -0.2) is 45.9 Å². The number of rotatable bonds is 7. The second kappa shape index (κ2) is 8.41. The van der Waals surface area contributed by atoms with Crippen LogP contribution in [0, 0.1) is 0 Å². The van der Waals surface area contributed by atoms with Crippen molar-refractivity contribution >= 4 is 27.5 Å². The molecule has 7 nitrogen and oxygen atoms in total. The van der Waals surface area contributed by atoms with Gasteiger partial charge in [-0.1, -0.05) is 12.1 Å². The highest BCUT2D eigenvalue weighted by Crippen LogP contribution is 2.26. The minimum absolute atomic E-state index is 0.0171. The van der Waals surface area contributed by atoms with E-state index in [1.807, 2.05) is 26.0 Å². The van der Waals surface area contributed by atoms with E-state index in [-0.39, 0.29) is 12.0 Å². The quantitative estimate of drug-likeness (QED) is 0.787. The molecule has 146 valence electrons. The molecule has 8 heteroatoms. The molecule has 0 saturated heterocycles. The maximum Gasteiger partial charge on any atom is 0.303 e. The Bertz CT molecular complexity index is 893. The lowest BCUT2D eigenvalue weighted by molar-refractivity contribution is 0.102. The molecular formula is C19H25N3O4S. The Morgan fingerprint density at radius 3 is 2.15 bits per heavy atom. The predicted octanol–water partition coefficient (Wildman–Crippen LogP) is 2.97. The van der Waals surface area contributed by atoms with Gasteiger partial charge in [0, 0.05) is 26.7 Å². The Hall–Kier alpha value is -2.58. The minimum atomic E-state index is -3.58. The Morgan fingerprint density at radius 1 is 1.00 bits per heavy atom. The Balaban J connectivity index is 2.18. The van der Waals surface area contributed by atoms with Crippen molar-refractivity contribution in [2.45, 2.75) is 20.0 Å². The largest absolute Gasteiger partial charge is 0.489 e. The molecule has 0 aromatic heterocycles. The molecule has 2 aromatic rings. The highest BCUT2D eigenvalue weighted by atomic mass is 32.2. The maximum absolute atomic E-state index is 12.5. The molecule has 0 atom stereocenters. The average molecular weight is 391 g/mol. The summed E-state index contributed by atoms with van der Waals surface area (Å²) < 4.78 is 32.3. The maximum atomic E-state index is 12.5. The number of nitrogens with one attached hydrogen (secondary N) is 1. The summed E-state index contributed by atoms with van der Waals surface area (Å²) in [6, 6.07) is 13.5. The van der Waals surface area contributed by atoms with Gasteiger partial charge < -0.3 is 10.1 Å². The summed E-state index contributed by atoms with van der Waals surface area (Å²) in [5.74, 6) is 0.286. The first kappa shape index (κ1) is 20.7. The molecule has 0 fully saturated rings. The van der Waals surface area contributed by atoms with Crippen LogP contribution < -0.4 is 14.4 Å². The number of para-hydroxylation sites is 2. The van der Waals surface area contributed by atoms with E-state index in [4.69, 9.17) is 4.74 Å². The topological polar surface area (TPSA) is 79.0 Å². The van der Waals surface area contributed by atoms with E-state index in [2.05, 4.69) is 5.32 Å². The fourth-order valence-electron chi connectivity index (χ4n) is 2.32. The van der Waals surface area contributed by atoms with Crippen molar-refractivity contribution < 1.29 is 17.9 Å². The number of hydrogen-bond donors (Lipinski definition) is 1. The molecule has 0 aliphatic heterocycles. The molecule has 0 radical (unpaired) electrons. The molecule has 2 aromatic carbocycles. The van der Waals surface area contributed by atoms with Crippen LogP contribution in [0.1, 0.15) is 24.2 Å². The SMILES string of the molecule is CC(C)Oc1ccccc1NC(=O)c1ccc(N(C)S(=O)(=O)N(C)C)cc1. The molecule has 0 unspecified atom stereocenters. The molecule has 1 N–H and O–H groups in total. The van der Waals surface area contributed by atoms with Gasteiger partial charge >= 0.3 is 10.2 Å².